The fourth-order valence-electron chi connectivity index (χ4n) is 5.40. The Morgan fingerprint density at radius 1 is 0.698 bits per heavy atom. The molecule has 0 N–H and O–H groups in total. The second kappa shape index (κ2) is 12.3. The summed E-state index contributed by atoms with van der Waals surface area (Å²) < 4.78 is 0. The van der Waals surface area contributed by atoms with Crippen LogP contribution in [-0.4, -0.2) is 19.9 Å². The standard InChI is InChI=1S/C38H29Cl2NOS/c1-41(2)31-16-11-26(12-17-31)8-7-24-3-5-25(6-4-24)9-10-27-13-18-32(37(43)19-27)38-33-22-30(39)15-14-28(33)20-29-21-36(42)35(40)23-34(29)38/h3-19,21-23,43H,20H2,1-2H3/b8-7+,10-9+. The van der Waals surface area contributed by atoms with Crippen molar-refractivity contribution in [3.05, 3.63) is 157 Å². The van der Waals surface area contributed by atoms with Crippen LogP contribution in [-0.2, 0) is 11.2 Å². The minimum atomic E-state index is -0.164. The van der Waals surface area contributed by atoms with E-state index in [1.165, 1.54) is 11.3 Å². The molecule has 0 fully saturated rings. The lowest BCUT2D eigenvalue weighted by molar-refractivity contribution is -0.110. The van der Waals surface area contributed by atoms with E-state index in [-0.39, 0.29) is 10.8 Å². The molecular formula is C38H29Cl2NOS. The highest BCUT2D eigenvalue weighted by molar-refractivity contribution is 7.80. The Bertz CT molecular complexity index is 1890. The van der Waals surface area contributed by atoms with E-state index in [1.807, 2.05) is 32.3 Å². The highest BCUT2D eigenvalue weighted by Gasteiger charge is 2.28. The van der Waals surface area contributed by atoms with Gasteiger partial charge in [-0.3, -0.25) is 4.79 Å². The second-order valence-electron chi connectivity index (χ2n) is 10.9. The summed E-state index contributed by atoms with van der Waals surface area (Å²) in [5, 5.41) is 0.869. The van der Waals surface area contributed by atoms with E-state index in [9.17, 15) is 4.79 Å². The molecule has 0 atom stereocenters. The molecule has 4 aromatic rings. The van der Waals surface area contributed by atoms with Crippen molar-refractivity contribution in [1.82, 2.24) is 0 Å². The van der Waals surface area contributed by atoms with E-state index in [2.05, 4.69) is 95.9 Å². The molecule has 0 radical (unpaired) electrons. The van der Waals surface area contributed by atoms with Gasteiger partial charge >= 0.3 is 0 Å². The molecule has 0 aromatic heterocycles. The van der Waals surface area contributed by atoms with Gasteiger partial charge in [0.25, 0.3) is 0 Å². The number of hydrogen-bond acceptors (Lipinski definition) is 3. The number of ketones is 1. The number of anilines is 1. The molecular weight excluding hydrogens is 589 g/mol. The number of rotatable bonds is 6. The highest BCUT2D eigenvalue weighted by atomic mass is 35.5. The average Bonchev–Trinajstić information content (AvgIpc) is 3.00. The number of nitrogens with zero attached hydrogens (tertiary/aromatic N) is 1. The number of halogens is 2. The van der Waals surface area contributed by atoms with Gasteiger partial charge in [-0.25, -0.2) is 0 Å². The SMILES string of the molecule is CN(C)c1ccc(/C=C/c2ccc(/C=C/c3ccc(C4=C5C=C(Cl)C(=O)C=C5Cc5ccc(Cl)cc54)c(S)c3)cc2)cc1. The molecule has 0 aliphatic heterocycles. The number of hydrogen-bond donors (Lipinski definition) is 1. The zero-order chi connectivity index (χ0) is 30.1. The van der Waals surface area contributed by atoms with Gasteiger partial charge in [0.2, 0.25) is 0 Å². The maximum Gasteiger partial charge on any atom is 0.197 e. The first kappa shape index (κ1) is 29.1. The van der Waals surface area contributed by atoms with Gasteiger partial charge in [-0.05, 0) is 105 Å². The number of carbonyl (C=O) groups excluding carboxylic acids is 1. The van der Waals surface area contributed by atoms with Gasteiger partial charge in [0, 0.05) is 29.7 Å². The van der Waals surface area contributed by atoms with Crippen molar-refractivity contribution in [2.24, 2.45) is 0 Å². The molecule has 0 saturated heterocycles. The van der Waals surface area contributed by atoms with Crippen molar-refractivity contribution in [3.8, 4) is 0 Å². The van der Waals surface area contributed by atoms with Crippen LogP contribution in [0.25, 0.3) is 29.9 Å². The normalized spacial score (nSPS) is 14.6. The van der Waals surface area contributed by atoms with Crippen molar-refractivity contribution in [1.29, 1.82) is 0 Å². The fourth-order valence-corrected chi connectivity index (χ4v) is 6.07. The molecule has 0 unspecified atom stereocenters. The number of benzene rings is 4. The quantitative estimate of drug-likeness (QED) is 0.171. The molecule has 212 valence electrons. The zero-order valence-electron chi connectivity index (χ0n) is 23.8. The molecule has 2 aliphatic rings. The van der Waals surface area contributed by atoms with E-state index in [4.69, 9.17) is 35.8 Å². The summed E-state index contributed by atoms with van der Waals surface area (Å²) in [5.74, 6) is -0.164. The molecule has 0 spiro atoms. The predicted molar refractivity (Wildman–Crippen MR) is 187 cm³/mol. The molecule has 0 heterocycles. The summed E-state index contributed by atoms with van der Waals surface area (Å²) in [6, 6.07) is 29.1. The van der Waals surface area contributed by atoms with Gasteiger partial charge in [0.1, 0.15) is 0 Å². The van der Waals surface area contributed by atoms with Crippen LogP contribution in [0.4, 0.5) is 5.69 Å². The van der Waals surface area contributed by atoms with Gasteiger partial charge in [-0.1, -0.05) is 102 Å². The summed E-state index contributed by atoms with van der Waals surface area (Å²) in [4.78, 5) is 15.3. The zero-order valence-corrected chi connectivity index (χ0v) is 26.2. The maximum atomic E-state index is 12.4. The Hall–Kier alpha value is -4.02. The van der Waals surface area contributed by atoms with Gasteiger partial charge < -0.3 is 4.90 Å². The molecule has 2 aliphatic carbocycles. The van der Waals surface area contributed by atoms with Crippen LogP contribution in [0.5, 0.6) is 0 Å². The minimum Gasteiger partial charge on any atom is -0.378 e. The lowest BCUT2D eigenvalue weighted by atomic mass is 9.77. The third-order valence-electron chi connectivity index (χ3n) is 7.72. The third-order valence-corrected chi connectivity index (χ3v) is 8.62. The van der Waals surface area contributed by atoms with E-state index in [1.54, 1.807) is 12.2 Å². The molecule has 5 heteroatoms. The Kier molecular flexibility index (Phi) is 8.32. The summed E-state index contributed by atoms with van der Waals surface area (Å²) in [5.41, 5.74) is 11.6. The van der Waals surface area contributed by atoms with Crippen molar-refractivity contribution in [3.63, 3.8) is 0 Å². The van der Waals surface area contributed by atoms with Crippen LogP contribution in [0, 0.1) is 0 Å². The molecule has 0 bridgehead atoms. The van der Waals surface area contributed by atoms with E-state index in [0.29, 0.717) is 11.4 Å². The van der Waals surface area contributed by atoms with Crippen LogP contribution >= 0.6 is 35.8 Å². The van der Waals surface area contributed by atoms with Crippen LogP contribution in [0.2, 0.25) is 5.02 Å². The fraction of sp³-hybridized carbons (Fsp3) is 0.0789. The number of carbonyl (C=O) groups is 1. The van der Waals surface area contributed by atoms with Crippen molar-refractivity contribution in [2.45, 2.75) is 11.3 Å². The van der Waals surface area contributed by atoms with Crippen molar-refractivity contribution < 1.29 is 4.79 Å². The number of allylic oxidation sites excluding steroid dienone is 5. The maximum absolute atomic E-state index is 12.4. The molecule has 2 nitrogen and oxygen atoms in total. The van der Waals surface area contributed by atoms with Crippen molar-refractivity contribution in [2.75, 3.05) is 19.0 Å². The first-order valence-corrected chi connectivity index (χ1v) is 15.2. The lowest BCUT2D eigenvalue weighted by Gasteiger charge is -2.27. The van der Waals surface area contributed by atoms with Crippen LogP contribution in [0.1, 0.15) is 38.9 Å². The number of fused-ring (bicyclic) bond motifs is 2. The van der Waals surface area contributed by atoms with Crippen LogP contribution < -0.4 is 4.90 Å². The Morgan fingerprint density at radius 2 is 1.28 bits per heavy atom. The highest BCUT2D eigenvalue weighted by Crippen LogP contribution is 2.44. The first-order valence-electron chi connectivity index (χ1n) is 14.0. The molecule has 4 aromatic carbocycles. The number of thiol groups is 1. The first-order chi connectivity index (χ1) is 20.7. The minimum absolute atomic E-state index is 0.164. The molecule has 0 saturated carbocycles. The van der Waals surface area contributed by atoms with E-state index in [0.717, 1.165) is 55.0 Å². The van der Waals surface area contributed by atoms with Gasteiger partial charge in [-0.2, -0.15) is 0 Å². The van der Waals surface area contributed by atoms with Gasteiger partial charge in [0.05, 0.1) is 5.03 Å². The Balaban J connectivity index is 1.24. The average molecular weight is 619 g/mol. The Morgan fingerprint density at radius 3 is 1.88 bits per heavy atom. The molecule has 0 amide bonds. The summed E-state index contributed by atoms with van der Waals surface area (Å²) >= 11 is 17.6. The topological polar surface area (TPSA) is 20.3 Å². The smallest absolute Gasteiger partial charge is 0.197 e. The summed E-state index contributed by atoms with van der Waals surface area (Å²) in [6.45, 7) is 0. The van der Waals surface area contributed by atoms with Gasteiger partial charge in [-0.15, -0.1) is 12.6 Å². The van der Waals surface area contributed by atoms with Gasteiger partial charge in [0.15, 0.2) is 5.78 Å². The van der Waals surface area contributed by atoms with Crippen molar-refractivity contribution >= 4 is 77.2 Å². The van der Waals surface area contributed by atoms with Crippen LogP contribution in [0.15, 0.2) is 118 Å². The largest absolute Gasteiger partial charge is 0.378 e. The Labute approximate surface area is 268 Å². The second-order valence-corrected chi connectivity index (χ2v) is 12.2. The molecule has 43 heavy (non-hydrogen) atoms. The summed E-state index contributed by atoms with van der Waals surface area (Å²) in [6.07, 6.45) is 12.5. The lowest BCUT2D eigenvalue weighted by Crippen LogP contribution is -2.14. The monoisotopic (exact) mass is 617 g/mol. The van der Waals surface area contributed by atoms with Crippen LogP contribution in [0.3, 0.4) is 0 Å². The third kappa shape index (κ3) is 6.35. The van der Waals surface area contributed by atoms with E-state index >= 15 is 0 Å². The predicted octanol–water partition coefficient (Wildman–Crippen LogP) is 10.0. The molecule has 6 rings (SSSR count). The van der Waals surface area contributed by atoms with E-state index < -0.39 is 0 Å². The summed E-state index contributed by atoms with van der Waals surface area (Å²) in [7, 11) is 4.09.